The van der Waals surface area contributed by atoms with Crippen molar-refractivity contribution in [2.45, 2.75) is 18.2 Å². The minimum Gasteiger partial charge on any atom is -0.481 e. The molecule has 2 aromatic carbocycles. The number of Topliss-reactive ketones (excluding diaryl/α,β-unsaturated/α-hetero) is 1. The number of fused-ring (bicyclic) bond motifs is 1. The van der Waals surface area contributed by atoms with Crippen LogP contribution in [-0.4, -0.2) is 35.7 Å². The number of rotatable bonds is 4. The first-order valence-corrected chi connectivity index (χ1v) is 7.97. The van der Waals surface area contributed by atoms with Crippen LogP contribution in [0.25, 0.3) is 10.8 Å². The van der Waals surface area contributed by atoms with Crippen LogP contribution in [0.1, 0.15) is 23.7 Å². The largest absolute Gasteiger partial charge is 0.481 e. The van der Waals surface area contributed by atoms with Crippen LogP contribution in [-0.2, 0) is 19.7 Å². The second-order valence-corrected chi connectivity index (χ2v) is 6.22. The molecule has 0 spiro atoms. The van der Waals surface area contributed by atoms with E-state index in [1.54, 1.807) is 12.1 Å². The predicted octanol–water partition coefficient (Wildman–Crippen LogP) is 1.24. The maximum absolute atomic E-state index is 11.2. The number of ketones is 1. The van der Waals surface area contributed by atoms with E-state index < -0.39 is 22.0 Å². The second-order valence-electron chi connectivity index (χ2n) is 4.80. The summed E-state index contributed by atoms with van der Waals surface area (Å²) in [6.07, 6.45) is -0.361. The summed E-state index contributed by atoms with van der Waals surface area (Å²) in [5.74, 6) is -2.02. The molecule has 24 heavy (non-hydrogen) atoms. The van der Waals surface area contributed by atoms with Crippen LogP contribution in [0.3, 0.4) is 0 Å². The number of carbonyl (C=O) groups is 3. The van der Waals surface area contributed by atoms with E-state index in [0.717, 1.165) is 0 Å². The summed E-state index contributed by atoms with van der Waals surface area (Å²) >= 11 is 0. The number of carbonyl (C=O) groups excluding carboxylic acids is 2. The lowest BCUT2D eigenvalue weighted by molar-refractivity contribution is -0.139. The molecule has 0 saturated carbocycles. The zero-order chi connectivity index (χ0) is 18.5. The molecule has 128 valence electrons. The highest BCUT2D eigenvalue weighted by Crippen LogP contribution is 2.22. The van der Waals surface area contributed by atoms with Crippen LogP contribution in [0.5, 0.6) is 0 Å². The number of carboxylic acid groups (broad SMARTS) is 1. The Hall–Kier alpha value is -2.78. The molecule has 0 aliphatic carbocycles. The van der Waals surface area contributed by atoms with E-state index in [-0.39, 0.29) is 22.7 Å². The maximum Gasteiger partial charge on any atom is 0.310 e. The van der Waals surface area contributed by atoms with Crippen molar-refractivity contribution in [1.29, 1.82) is 0 Å². The van der Waals surface area contributed by atoms with Crippen LogP contribution in [0.15, 0.2) is 41.3 Å². The topological polar surface area (TPSA) is 152 Å². The molecule has 0 fully saturated rings. The highest BCUT2D eigenvalue weighted by Gasteiger charge is 2.12. The molecule has 0 aliphatic rings. The van der Waals surface area contributed by atoms with Crippen molar-refractivity contribution in [3.8, 4) is 0 Å². The normalized spacial score (nSPS) is 10.6. The summed E-state index contributed by atoms with van der Waals surface area (Å²) in [6, 6.07) is 8.86. The molecule has 2 aromatic rings. The highest BCUT2D eigenvalue weighted by atomic mass is 32.2. The molecule has 0 heterocycles. The predicted molar refractivity (Wildman–Crippen MR) is 85.2 cm³/mol. The van der Waals surface area contributed by atoms with E-state index >= 15 is 0 Å². The molecule has 0 aromatic heterocycles. The van der Waals surface area contributed by atoms with E-state index in [2.05, 4.69) is 0 Å². The zero-order valence-corrected chi connectivity index (χ0v) is 13.4. The van der Waals surface area contributed by atoms with Crippen molar-refractivity contribution in [2.75, 3.05) is 0 Å². The van der Waals surface area contributed by atoms with Gasteiger partial charge in [0.1, 0.15) is 12.2 Å². The third kappa shape index (κ3) is 5.45. The molecule has 0 atom stereocenters. The van der Waals surface area contributed by atoms with Gasteiger partial charge < -0.3 is 10.8 Å². The Morgan fingerprint density at radius 3 is 2.17 bits per heavy atom. The lowest BCUT2D eigenvalue weighted by Crippen LogP contribution is -2.11. The number of primary amides is 1. The van der Waals surface area contributed by atoms with Gasteiger partial charge in [0, 0.05) is 5.56 Å². The van der Waals surface area contributed by atoms with E-state index in [0.29, 0.717) is 10.8 Å². The van der Waals surface area contributed by atoms with Crippen molar-refractivity contribution in [1.82, 2.24) is 0 Å². The van der Waals surface area contributed by atoms with Crippen LogP contribution in [0.4, 0.5) is 0 Å². The molecular weight excluding hydrogens is 338 g/mol. The molecule has 0 unspecified atom stereocenters. The first-order chi connectivity index (χ1) is 11.0. The quantitative estimate of drug-likeness (QED) is 0.552. The number of amides is 1. The Balaban J connectivity index is 0.000000351. The van der Waals surface area contributed by atoms with Gasteiger partial charge in [-0.1, -0.05) is 18.2 Å². The van der Waals surface area contributed by atoms with Crippen LogP contribution >= 0.6 is 0 Å². The fourth-order valence-electron chi connectivity index (χ4n) is 1.84. The maximum atomic E-state index is 11.2. The molecule has 0 radical (unpaired) electrons. The Bertz CT molecular complexity index is 891. The molecule has 2 rings (SSSR count). The smallest absolute Gasteiger partial charge is 0.310 e. The second kappa shape index (κ2) is 7.66. The monoisotopic (exact) mass is 353 g/mol. The number of hydrogen-bond acceptors (Lipinski definition) is 5. The van der Waals surface area contributed by atoms with Crippen LogP contribution in [0, 0.1) is 0 Å². The lowest BCUT2D eigenvalue weighted by atomic mass is 10.0. The van der Waals surface area contributed by atoms with E-state index in [1.165, 1.54) is 31.2 Å². The lowest BCUT2D eigenvalue weighted by Gasteiger charge is -2.04. The number of carboxylic acids is 1. The van der Waals surface area contributed by atoms with Gasteiger partial charge in [-0.25, -0.2) is 0 Å². The highest BCUT2D eigenvalue weighted by molar-refractivity contribution is 7.85. The average molecular weight is 353 g/mol. The molecule has 9 heteroatoms. The van der Waals surface area contributed by atoms with E-state index in [9.17, 15) is 22.8 Å². The summed E-state index contributed by atoms with van der Waals surface area (Å²) in [5, 5.41) is 8.94. The van der Waals surface area contributed by atoms with Gasteiger partial charge in [0.15, 0.2) is 0 Å². The van der Waals surface area contributed by atoms with E-state index in [4.69, 9.17) is 15.4 Å². The fraction of sp³-hybridized carbons (Fsp3) is 0.133. The molecule has 4 N–H and O–H groups in total. The van der Waals surface area contributed by atoms with Gasteiger partial charge in [-0.3, -0.25) is 18.9 Å². The van der Waals surface area contributed by atoms with Crippen molar-refractivity contribution in [2.24, 2.45) is 5.73 Å². The summed E-state index contributed by atoms with van der Waals surface area (Å²) in [7, 11) is -4.29. The van der Waals surface area contributed by atoms with Gasteiger partial charge in [-0.2, -0.15) is 8.42 Å². The summed E-state index contributed by atoms with van der Waals surface area (Å²) in [5.41, 5.74) is 5.40. The Morgan fingerprint density at radius 2 is 1.75 bits per heavy atom. The van der Waals surface area contributed by atoms with Crippen LogP contribution < -0.4 is 5.73 Å². The number of nitrogens with two attached hydrogens (primary N) is 1. The van der Waals surface area contributed by atoms with Crippen LogP contribution in [0.2, 0.25) is 0 Å². The SMILES string of the molecule is CC(=O)CC(=O)O.NC(=O)c1cccc2ccc(S(=O)(=O)O)cc12. The first kappa shape index (κ1) is 19.3. The molecule has 0 aliphatic heterocycles. The molecule has 0 bridgehead atoms. The standard InChI is InChI=1S/C11H9NO4S.C4H6O3/c12-11(13)9-3-1-2-7-4-5-8(6-10(7)9)17(14,15)16;1-3(5)2-4(6)7/h1-6H,(H2,12,13)(H,14,15,16);2H2,1H3,(H,6,7). The first-order valence-electron chi connectivity index (χ1n) is 6.53. The van der Waals surface area contributed by atoms with Gasteiger partial charge in [0.05, 0.1) is 4.90 Å². The van der Waals surface area contributed by atoms with Crippen molar-refractivity contribution in [3.63, 3.8) is 0 Å². The Labute approximate surface area is 137 Å². The summed E-state index contributed by atoms with van der Waals surface area (Å²) < 4.78 is 30.9. The zero-order valence-electron chi connectivity index (χ0n) is 12.6. The van der Waals surface area contributed by atoms with Crippen molar-refractivity contribution < 1.29 is 32.5 Å². The third-order valence-corrected chi connectivity index (χ3v) is 3.67. The van der Waals surface area contributed by atoms with Gasteiger partial charge >= 0.3 is 5.97 Å². The van der Waals surface area contributed by atoms with Gasteiger partial charge in [0.2, 0.25) is 5.91 Å². The van der Waals surface area contributed by atoms with Gasteiger partial charge in [-0.15, -0.1) is 0 Å². The van der Waals surface area contributed by atoms with E-state index in [1.807, 2.05) is 0 Å². The van der Waals surface area contributed by atoms with Gasteiger partial charge in [-0.05, 0) is 35.9 Å². The number of aliphatic carboxylic acids is 1. The number of benzene rings is 2. The fourth-order valence-corrected chi connectivity index (χ4v) is 2.35. The summed E-state index contributed by atoms with van der Waals surface area (Å²) in [4.78, 5) is 30.4. The minimum atomic E-state index is -4.29. The summed E-state index contributed by atoms with van der Waals surface area (Å²) in [6.45, 7) is 1.24. The molecule has 0 saturated heterocycles. The minimum absolute atomic E-state index is 0.216. The van der Waals surface area contributed by atoms with Gasteiger partial charge in [0.25, 0.3) is 10.1 Å². The number of hydrogen-bond donors (Lipinski definition) is 3. The Morgan fingerprint density at radius 1 is 1.12 bits per heavy atom. The Kier molecular flexibility index (Phi) is 6.15. The molecule has 8 nitrogen and oxygen atoms in total. The third-order valence-electron chi connectivity index (χ3n) is 2.82. The molecule has 1 amide bonds. The van der Waals surface area contributed by atoms with Crippen molar-refractivity contribution in [3.05, 3.63) is 42.0 Å². The van der Waals surface area contributed by atoms with Crippen molar-refractivity contribution >= 4 is 38.6 Å². The molecular formula is C15H15NO7S. The average Bonchev–Trinajstić information content (AvgIpc) is 2.44.